The zero-order valence-electron chi connectivity index (χ0n) is 12.3. The van der Waals surface area contributed by atoms with Gasteiger partial charge in [-0.3, -0.25) is 4.79 Å². The molecule has 2 rings (SSSR count). The van der Waals surface area contributed by atoms with E-state index in [4.69, 9.17) is 15.2 Å². The summed E-state index contributed by atoms with van der Waals surface area (Å²) >= 11 is 0. The van der Waals surface area contributed by atoms with Gasteiger partial charge in [0.05, 0.1) is 14.2 Å². The summed E-state index contributed by atoms with van der Waals surface area (Å²) in [6.45, 7) is 1.91. The van der Waals surface area contributed by atoms with E-state index in [0.29, 0.717) is 28.4 Å². The number of anilines is 2. The maximum atomic E-state index is 12.3. The van der Waals surface area contributed by atoms with Crippen LogP contribution < -0.4 is 20.5 Å². The minimum atomic E-state index is -0.254. The van der Waals surface area contributed by atoms with E-state index in [1.54, 1.807) is 30.3 Å². The summed E-state index contributed by atoms with van der Waals surface area (Å²) in [4.78, 5) is 12.3. The quantitative estimate of drug-likeness (QED) is 0.848. The van der Waals surface area contributed by atoms with Gasteiger partial charge in [0.2, 0.25) is 0 Å². The number of nitrogen functional groups attached to an aromatic ring is 1. The second kappa shape index (κ2) is 6.17. The van der Waals surface area contributed by atoms with Gasteiger partial charge >= 0.3 is 0 Å². The van der Waals surface area contributed by atoms with E-state index >= 15 is 0 Å². The Morgan fingerprint density at radius 3 is 2.19 bits per heavy atom. The number of carbonyl (C=O) groups is 1. The van der Waals surface area contributed by atoms with Crippen LogP contribution in [0, 0.1) is 6.92 Å². The van der Waals surface area contributed by atoms with Crippen LogP contribution in [0.2, 0.25) is 0 Å². The molecule has 0 aliphatic carbocycles. The van der Waals surface area contributed by atoms with E-state index < -0.39 is 0 Å². The molecule has 1 amide bonds. The molecule has 0 aromatic heterocycles. The summed E-state index contributed by atoms with van der Waals surface area (Å²) in [6, 6.07) is 10.4. The Morgan fingerprint density at radius 2 is 1.67 bits per heavy atom. The molecule has 0 spiro atoms. The van der Waals surface area contributed by atoms with Gasteiger partial charge in [0.15, 0.2) is 0 Å². The van der Waals surface area contributed by atoms with Crippen molar-refractivity contribution in [2.24, 2.45) is 0 Å². The van der Waals surface area contributed by atoms with Gasteiger partial charge in [-0.15, -0.1) is 0 Å². The highest BCUT2D eigenvalue weighted by molar-refractivity contribution is 6.05. The number of hydrogen-bond acceptors (Lipinski definition) is 4. The SMILES string of the molecule is COc1cc(OC)cc(C(=O)Nc2ccc(C)c(N)c2)c1. The fraction of sp³-hybridized carbons (Fsp3) is 0.188. The van der Waals surface area contributed by atoms with Crippen molar-refractivity contribution in [3.63, 3.8) is 0 Å². The monoisotopic (exact) mass is 286 g/mol. The number of rotatable bonds is 4. The van der Waals surface area contributed by atoms with Gasteiger partial charge in [0, 0.05) is 23.0 Å². The largest absolute Gasteiger partial charge is 0.497 e. The molecule has 2 aromatic carbocycles. The number of nitrogens with one attached hydrogen (secondary N) is 1. The van der Waals surface area contributed by atoms with Gasteiger partial charge in [-0.1, -0.05) is 6.07 Å². The average molecular weight is 286 g/mol. The summed E-state index contributed by atoms with van der Waals surface area (Å²) in [5.74, 6) is 0.862. The maximum absolute atomic E-state index is 12.3. The Kier molecular flexibility index (Phi) is 4.33. The minimum absolute atomic E-state index is 0.254. The third-order valence-corrected chi connectivity index (χ3v) is 3.15. The third kappa shape index (κ3) is 3.45. The van der Waals surface area contributed by atoms with Crippen LogP contribution in [0.5, 0.6) is 11.5 Å². The molecule has 0 radical (unpaired) electrons. The van der Waals surface area contributed by atoms with Crippen LogP contribution in [0.4, 0.5) is 11.4 Å². The molecule has 0 saturated heterocycles. The van der Waals surface area contributed by atoms with Crippen molar-refractivity contribution in [1.29, 1.82) is 0 Å². The predicted molar refractivity (Wildman–Crippen MR) is 83.1 cm³/mol. The highest BCUT2D eigenvalue weighted by Gasteiger charge is 2.10. The van der Waals surface area contributed by atoms with Gasteiger partial charge in [-0.2, -0.15) is 0 Å². The molecule has 3 N–H and O–H groups in total. The number of amides is 1. The van der Waals surface area contributed by atoms with Gasteiger partial charge in [0.25, 0.3) is 5.91 Å². The van der Waals surface area contributed by atoms with Gasteiger partial charge < -0.3 is 20.5 Å². The molecule has 5 nitrogen and oxygen atoms in total. The van der Waals surface area contributed by atoms with Crippen molar-refractivity contribution in [2.75, 3.05) is 25.3 Å². The standard InChI is InChI=1S/C16H18N2O3/c1-10-4-5-12(8-15(10)17)18-16(19)11-6-13(20-2)9-14(7-11)21-3/h4-9H,17H2,1-3H3,(H,18,19). The Bertz CT molecular complexity index is 646. The topological polar surface area (TPSA) is 73.6 Å². The molecule has 0 aliphatic heterocycles. The molecule has 0 aliphatic rings. The smallest absolute Gasteiger partial charge is 0.255 e. The fourth-order valence-corrected chi connectivity index (χ4v) is 1.86. The summed E-state index contributed by atoms with van der Waals surface area (Å²) in [6.07, 6.45) is 0. The van der Waals surface area contributed by atoms with Crippen molar-refractivity contribution < 1.29 is 14.3 Å². The normalized spacial score (nSPS) is 10.0. The third-order valence-electron chi connectivity index (χ3n) is 3.15. The molecule has 0 heterocycles. The van der Waals surface area contributed by atoms with Crippen molar-refractivity contribution >= 4 is 17.3 Å². The summed E-state index contributed by atoms with van der Waals surface area (Å²) < 4.78 is 10.3. The number of ether oxygens (including phenoxy) is 2. The first-order valence-electron chi connectivity index (χ1n) is 6.44. The first-order valence-corrected chi connectivity index (χ1v) is 6.44. The molecule has 2 aromatic rings. The lowest BCUT2D eigenvalue weighted by Crippen LogP contribution is -2.12. The maximum Gasteiger partial charge on any atom is 0.255 e. The van der Waals surface area contributed by atoms with Crippen LogP contribution >= 0.6 is 0 Å². The number of aryl methyl sites for hydroxylation is 1. The second-order valence-electron chi connectivity index (χ2n) is 4.63. The zero-order chi connectivity index (χ0) is 15.4. The fourth-order valence-electron chi connectivity index (χ4n) is 1.86. The number of carbonyl (C=O) groups excluding carboxylic acids is 1. The molecule has 0 fully saturated rings. The lowest BCUT2D eigenvalue weighted by molar-refractivity contribution is 0.102. The van der Waals surface area contributed by atoms with E-state index in [9.17, 15) is 4.79 Å². The first-order chi connectivity index (χ1) is 10.0. The summed E-state index contributed by atoms with van der Waals surface area (Å²) in [5, 5.41) is 2.80. The highest BCUT2D eigenvalue weighted by atomic mass is 16.5. The van der Waals surface area contributed by atoms with Crippen LogP contribution in [0.1, 0.15) is 15.9 Å². The Morgan fingerprint density at radius 1 is 1.05 bits per heavy atom. The van der Waals surface area contributed by atoms with Crippen LogP contribution in [-0.2, 0) is 0 Å². The Balaban J connectivity index is 2.25. The number of hydrogen-bond donors (Lipinski definition) is 2. The summed E-state index contributed by atoms with van der Waals surface area (Å²) in [7, 11) is 3.08. The van der Waals surface area contributed by atoms with E-state index in [-0.39, 0.29) is 5.91 Å². The van der Waals surface area contributed by atoms with Crippen LogP contribution in [0.25, 0.3) is 0 Å². The van der Waals surface area contributed by atoms with Crippen LogP contribution in [0.15, 0.2) is 36.4 Å². The van der Waals surface area contributed by atoms with Crippen LogP contribution in [-0.4, -0.2) is 20.1 Å². The highest BCUT2D eigenvalue weighted by Crippen LogP contribution is 2.24. The summed E-state index contributed by atoms with van der Waals surface area (Å²) in [5.41, 5.74) is 8.53. The molecule has 5 heteroatoms. The minimum Gasteiger partial charge on any atom is -0.497 e. The zero-order valence-corrected chi connectivity index (χ0v) is 12.3. The molecule has 0 unspecified atom stereocenters. The van der Waals surface area contributed by atoms with Crippen molar-refractivity contribution in [3.8, 4) is 11.5 Å². The van der Waals surface area contributed by atoms with Crippen molar-refractivity contribution in [1.82, 2.24) is 0 Å². The molecule has 21 heavy (non-hydrogen) atoms. The van der Waals surface area contributed by atoms with E-state index in [1.807, 2.05) is 13.0 Å². The molecule has 0 saturated carbocycles. The van der Waals surface area contributed by atoms with Gasteiger partial charge in [0.1, 0.15) is 11.5 Å². The van der Waals surface area contributed by atoms with Gasteiger partial charge in [-0.05, 0) is 36.8 Å². The van der Waals surface area contributed by atoms with E-state index in [2.05, 4.69) is 5.32 Å². The van der Waals surface area contributed by atoms with Gasteiger partial charge in [-0.25, -0.2) is 0 Å². The molecular weight excluding hydrogens is 268 g/mol. The van der Waals surface area contributed by atoms with E-state index in [0.717, 1.165) is 5.56 Å². The molecule has 0 bridgehead atoms. The lowest BCUT2D eigenvalue weighted by atomic mass is 10.1. The number of nitrogens with two attached hydrogens (primary N) is 1. The lowest BCUT2D eigenvalue weighted by Gasteiger charge is -2.10. The number of benzene rings is 2. The van der Waals surface area contributed by atoms with Crippen molar-refractivity contribution in [2.45, 2.75) is 6.92 Å². The average Bonchev–Trinajstić information content (AvgIpc) is 2.50. The Hall–Kier alpha value is -2.69. The van der Waals surface area contributed by atoms with Crippen molar-refractivity contribution in [3.05, 3.63) is 47.5 Å². The van der Waals surface area contributed by atoms with Crippen LogP contribution in [0.3, 0.4) is 0 Å². The Labute approximate surface area is 123 Å². The first kappa shape index (κ1) is 14.7. The van der Waals surface area contributed by atoms with E-state index in [1.165, 1.54) is 14.2 Å². The second-order valence-corrected chi connectivity index (χ2v) is 4.63. The predicted octanol–water partition coefficient (Wildman–Crippen LogP) is 2.85. The molecular formula is C16H18N2O3. The number of methoxy groups -OCH3 is 2. The molecule has 110 valence electrons. The molecule has 0 atom stereocenters.